The number of imide groups is 2. The number of carbonyl (C=O) groups is 4. The Bertz CT molecular complexity index is 3480. The molecule has 2 heterocycles. The second-order valence-electron chi connectivity index (χ2n) is 21.5. The van der Waals surface area contributed by atoms with E-state index in [1.807, 2.05) is 101 Å². The molecule has 0 aliphatic carbocycles. The number of benzene rings is 9. The SMILES string of the molecule is CC(C)c1cccc(C(C)C)c1N1C(=O)c2ccc3c4c(-c5ccc(N(C)C)cc5)cc5c6c(ccc(c7c(-c8ccc(N(C)C)cc8)cc(c2c37)C1=O)c64)C(=O)N(c1c(C(C)C)cccc1C(C)C)C5=O. The van der Waals surface area contributed by atoms with Crippen molar-refractivity contribution in [1.82, 2.24) is 0 Å². The van der Waals surface area contributed by atoms with Crippen LogP contribution in [0.2, 0.25) is 0 Å². The highest BCUT2D eigenvalue weighted by atomic mass is 16.2. The number of rotatable bonds is 10. The van der Waals surface area contributed by atoms with E-state index in [0.29, 0.717) is 44.4 Å². The summed E-state index contributed by atoms with van der Waals surface area (Å²) in [5.41, 5.74) is 12.3. The van der Waals surface area contributed by atoms with Gasteiger partial charge in [-0.25, -0.2) is 9.80 Å². The van der Waals surface area contributed by atoms with Gasteiger partial charge >= 0.3 is 0 Å². The topological polar surface area (TPSA) is 81.2 Å². The molecule has 9 aromatic rings. The number of hydrogen-bond donors (Lipinski definition) is 0. The van der Waals surface area contributed by atoms with Crippen molar-refractivity contribution in [3.63, 3.8) is 0 Å². The summed E-state index contributed by atoms with van der Waals surface area (Å²) >= 11 is 0. The zero-order valence-corrected chi connectivity index (χ0v) is 43.3. The van der Waals surface area contributed by atoms with Gasteiger partial charge in [0.2, 0.25) is 0 Å². The van der Waals surface area contributed by atoms with Crippen LogP contribution in [0.4, 0.5) is 22.7 Å². The molecule has 0 radical (unpaired) electrons. The molecule has 0 saturated heterocycles. The standard InChI is InChI=1S/C64H60N4O4/c1-33(2)41-15-13-16-42(34(3)4)59(41)67-61(69)47-29-27-45-54-50(38-21-25-40(26-22-38)66(11)12)32-52-56-48(62(70)68(64(52)72)60-43(35(5)6)17-14-18-44(60)36(7)8)30-28-46(58(54)56)53-49(31-51(63(67)71)55(47)57(45)53)37-19-23-39(24-20-37)65(9)10/h13-36H,1-12H3. The fourth-order valence-corrected chi connectivity index (χ4v) is 11.7. The number of anilines is 4. The molecule has 4 amide bonds. The van der Waals surface area contributed by atoms with Crippen LogP contribution in [0.25, 0.3) is 65.3 Å². The fourth-order valence-electron chi connectivity index (χ4n) is 11.7. The summed E-state index contributed by atoms with van der Waals surface area (Å²) in [6.07, 6.45) is 0. The molecule has 11 rings (SSSR count). The molecule has 2 aliphatic rings. The van der Waals surface area contributed by atoms with Crippen molar-refractivity contribution < 1.29 is 19.2 Å². The van der Waals surface area contributed by atoms with Gasteiger partial charge in [0.05, 0.1) is 11.4 Å². The number of hydrogen-bond acceptors (Lipinski definition) is 6. The molecule has 0 aromatic heterocycles. The van der Waals surface area contributed by atoms with Crippen LogP contribution in [0.5, 0.6) is 0 Å². The molecule has 72 heavy (non-hydrogen) atoms. The van der Waals surface area contributed by atoms with Crippen LogP contribution in [0.1, 0.15) is 143 Å². The molecule has 0 fully saturated rings. The summed E-state index contributed by atoms with van der Waals surface area (Å²) in [7, 11) is 8.03. The summed E-state index contributed by atoms with van der Waals surface area (Å²) in [5.74, 6) is -1.30. The molecule has 9 aromatic carbocycles. The fraction of sp³-hybridized carbons (Fsp3) is 0.250. The minimum Gasteiger partial charge on any atom is -0.378 e. The van der Waals surface area contributed by atoms with Gasteiger partial charge in [0.15, 0.2) is 0 Å². The van der Waals surface area contributed by atoms with E-state index in [9.17, 15) is 0 Å². The number of amides is 4. The number of para-hydroxylation sites is 2. The predicted octanol–water partition coefficient (Wildman–Crippen LogP) is 15.3. The maximum atomic E-state index is 15.7. The predicted molar refractivity (Wildman–Crippen MR) is 299 cm³/mol. The molecule has 0 atom stereocenters. The van der Waals surface area contributed by atoms with Crippen LogP contribution in [0.3, 0.4) is 0 Å². The van der Waals surface area contributed by atoms with E-state index in [-0.39, 0.29) is 47.3 Å². The Morgan fingerprint density at radius 2 is 0.639 bits per heavy atom. The van der Waals surface area contributed by atoms with Gasteiger partial charge in [-0.1, -0.05) is 128 Å². The Morgan fingerprint density at radius 3 is 0.931 bits per heavy atom. The molecule has 0 N–H and O–H groups in total. The van der Waals surface area contributed by atoms with E-state index in [4.69, 9.17) is 0 Å². The van der Waals surface area contributed by atoms with E-state index in [2.05, 4.69) is 114 Å². The maximum absolute atomic E-state index is 15.7. The number of carbonyl (C=O) groups excluding carboxylic acids is 4. The minimum atomic E-state index is -0.369. The number of nitrogens with zero attached hydrogens (tertiary/aromatic N) is 4. The lowest BCUT2D eigenvalue weighted by atomic mass is 9.77. The van der Waals surface area contributed by atoms with E-state index >= 15 is 19.2 Å². The Morgan fingerprint density at radius 1 is 0.333 bits per heavy atom. The highest BCUT2D eigenvalue weighted by molar-refractivity contribution is 6.48. The van der Waals surface area contributed by atoms with E-state index in [1.165, 1.54) is 9.80 Å². The molecule has 8 nitrogen and oxygen atoms in total. The van der Waals surface area contributed by atoms with Crippen molar-refractivity contribution >= 4 is 89.5 Å². The summed E-state index contributed by atoms with van der Waals surface area (Å²) in [6, 6.07) is 40.6. The first-order valence-corrected chi connectivity index (χ1v) is 25.3. The van der Waals surface area contributed by atoms with Gasteiger partial charge in [0.1, 0.15) is 0 Å². The smallest absolute Gasteiger partial charge is 0.266 e. The van der Waals surface area contributed by atoms with Crippen LogP contribution in [-0.2, 0) is 0 Å². The maximum Gasteiger partial charge on any atom is 0.266 e. The average molecular weight is 949 g/mol. The minimum absolute atomic E-state index is 0.0405. The summed E-state index contributed by atoms with van der Waals surface area (Å²) < 4.78 is 0. The van der Waals surface area contributed by atoms with Crippen molar-refractivity contribution in [1.29, 1.82) is 0 Å². The highest BCUT2D eigenvalue weighted by Crippen LogP contribution is 2.53. The monoisotopic (exact) mass is 948 g/mol. The summed E-state index contributed by atoms with van der Waals surface area (Å²) in [4.78, 5) is 69.4. The first kappa shape index (κ1) is 46.5. The van der Waals surface area contributed by atoms with Gasteiger partial charge in [0, 0.05) is 72.6 Å². The molecule has 0 bridgehead atoms. The van der Waals surface area contributed by atoms with Gasteiger partial charge in [-0.15, -0.1) is 0 Å². The molecular weight excluding hydrogens is 889 g/mol. The second-order valence-corrected chi connectivity index (χ2v) is 21.5. The van der Waals surface area contributed by atoms with Crippen LogP contribution >= 0.6 is 0 Å². The van der Waals surface area contributed by atoms with Gasteiger partial charge in [-0.3, -0.25) is 19.2 Å². The van der Waals surface area contributed by atoms with E-state index < -0.39 is 0 Å². The van der Waals surface area contributed by atoms with Crippen LogP contribution in [0.15, 0.2) is 121 Å². The molecule has 2 aliphatic heterocycles. The molecule has 0 saturated carbocycles. The van der Waals surface area contributed by atoms with Crippen LogP contribution in [-0.4, -0.2) is 51.8 Å². The van der Waals surface area contributed by atoms with Crippen molar-refractivity contribution in [3.8, 4) is 22.3 Å². The lowest BCUT2D eigenvalue weighted by Crippen LogP contribution is -2.42. The Labute approximate surface area is 421 Å². The van der Waals surface area contributed by atoms with Crippen LogP contribution in [0, 0.1) is 0 Å². The Hall–Kier alpha value is -7.84. The lowest BCUT2D eigenvalue weighted by molar-refractivity contribution is 0.0877. The molecule has 0 spiro atoms. The quantitative estimate of drug-likeness (QED) is 0.0772. The third kappa shape index (κ3) is 6.71. The lowest BCUT2D eigenvalue weighted by Gasteiger charge is -2.34. The first-order valence-electron chi connectivity index (χ1n) is 25.3. The molecule has 360 valence electrons. The summed E-state index contributed by atoms with van der Waals surface area (Å²) in [6.45, 7) is 16.8. The zero-order chi connectivity index (χ0) is 50.9. The normalized spacial score (nSPS) is 13.8. The third-order valence-corrected chi connectivity index (χ3v) is 15.4. The van der Waals surface area contributed by atoms with Crippen molar-refractivity contribution in [2.24, 2.45) is 0 Å². The van der Waals surface area contributed by atoms with Crippen molar-refractivity contribution in [2.75, 3.05) is 47.8 Å². The molecular formula is C64H60N4O4. The Kier molecular flexibility index (Phi) is 10.9. The third-order valence-electron chi connectivity index (χ3n) is 15.4. The van der Waals surface area contributed by atoms with Crippen LogP contribution < -0.4 is 19.6 Å². The zero-order valence-electron chi connectivity index (χ0n) is 43.3. The van der Waals surface area contributed by atoms with Gasteiger partial charge < -0.3 is 9.80 Å². The molecule has 0 unspecified atom stereocenters. The first-order chi connectivity index (χ1) is 34.4. The highest BCUT2D eigenvalue weighted by Gasteiger charge is 2.42. The number of fused-ring (bicyclic) bond motifs is 2. The van der Waals surface area contributed by atoms with Crippen molar-refractivity contribution in [2.45, 2.75) is 79.1 Å². The average Bonchev–Trinajstić information content (AvgIpc) is 3.36. The summed E-state index contributed by atoms with van der Waals surface area (Å²) in [5, 5.41) is 6.15. The van der Waals surface area contributed by atoms with E-state index in [0.717, 1.165) is 88.2 Å². The molecule has 8 heteroatoms. The van der Waals surface area contributed by atoms with Gasteiger partial charge in [-0.2, -0.15) is 0 Å². The van der Waals surface area contributed by atoms with Gasteiger partial charge in [-0.05, 0) is 149 Å². The van der Waals surface area contributed by atoms with Crippen molar-refractivity contribution in [3.05, 3.63) is 166 Å². The largest absolute Gasteiger partial charge is 0.378 e. The Balaban J connectivity index is 1.30. The second kappa shape index (κ2) is 16.9. The van der Waals surface area contributed by atoms with E-state index in [1.54, 1.807) is 0 Å². The van der Waals surface area contributed by atoms with Gasteiger partial charge in [0.25, 0.3) is 23.6 Å².